The highest BCUT2D eigenvalue weighted by molar-refractivity contribution is 9.11. The summed E-state index contributed by atoms with van der Waals surface area (Å²) in [4.78, 5) is 14.0. The molecule has 1 aromatic heterocycles. The van der Waals surface area contributed by atoms with Crippen molar-refractivity contribution in [2.75, 3.05) is 19.4 Å². The van der Waals surface area contributed by atoms with Gasteiger partial charge in [0.25, 0.3) is 5.91 Å². The van der Waals surface area contributed by atoms with E-state index < -0.39 is 5.82 Å². The lowest BCUT2D eigenvalue weighted by Crippen LogP contribution is -2.27. The van der Waals surface area contributed by atoms with Gasteiger partial charge in [0.15, 0.2) is 0 Å². The number of amides is 1. The van der Waals surface area contributed by atoms with E-state index in [9.17, 15) is 9.18 Å². The van der Waals surface area contributed by atoms with Crippen molar-refractivity contribution < 1.29 is 9.18 Å². The Hall–Kier alpha value is -1.40. The summed E-state index contributed by atoms with van der Waals surface area (Å²) in [6.07, 6.45) is 0. The van der Waals surface area contributed by atoms with Crippen LogP contribution in [-0.4, -0.2) is 24.9 Å². The van der Waals surface area contributed by atoms with Gasteiger partial charge in [-0.3, -0.25) is 4.79 Å². The zero-order valence-corrected chi connectivity index (χ0v) is 13.5. The van der Waals surface area contributed by atoms with Gasteiger partial charge in [0.1, 0.15) is 5.82 Å². The van der Waals surface area contributed by atoms with Crippen LogP contribution in [0.3, 0.4) is 0 Å². The maximum atomic E-state index is 13.7. The highest BCUT2D eigenvalue weighted by atomic mass is 79.9. The van der Waals surface area contributed by atoms with Crippen molar-refractivity contribution in [3.63, 3.8) is 0 Å². The van der Waals surface area contributed by atoms with Gasteiger partial charge in [-0.25, -0.2) is 4.39 Å². The van der Waals surface area contributed by atoms with Crippen LogP contribution in [0.1, 0.15) is 15.9 Å². The summed E-state index contributed by atoms with van der Waals surface area (Å²) in [5.74, 6) is -0.638. The second-order valence-electron chi connectivity index (χ2n) is 4.33. The second kappa shape index (κ2) is 6.37. The lowest BCUT2D eigenvalue weighted by Gasteiger charge is -2.18. The Morgan fingerprint density at radius 2 is 2.25 bits per heavy atom. The summed E-state index contributed by atoms with van der Waals surface area (Å²) in [5.41, 5.74) is 1.61. The molecule has 6 heteroatoms. The molecular weight excluding hydrogens is 343 g/mol. The predicted octanol–water partition coefficient (Wildman–Crippen LogP) is 3.96. The lowest BCUT2D eigenvalue weighted by molar-refractivity contribution is 0.0786. The van der Waals surface area contributed by atoms with Gasteiger partial charge in [-0.2, -0.15) is 0 Å². The Labute approximate surface area is 129 Å². The minimum absolute atomic E-state index is 0.212. The van der Waals surface area contributed by atoms with Gasteiger partial charge < -0.3 is 10.2 Å². The van der Waals surface area contributed by atoms with Crippen LogP contribution in [0, 0.1) is 5.82 Å². The van der Waals surface area contributed by atoms with E-state index >= 15 is 0 Å². The maximum Gasteiger partial charge on any atom is 0.256 e. The van der Waals surface area contributed by atoms with Crippen molar-refractivity contribution >= 4 is 38.9 Å². The van der Waals surface area contributed by atoms with Crippen LogP contribution < -0.4 is 5.32 Å². The van der Waals surface area contributed by atoms with Crippen molar-refractivity contribution in [1.82, 2.24) is 4.90 Å². The van der Waals surface area contributed by atoms with Gasteiger partial charge in [0.2, 0.25) is 0 Å². The molecule has 1 aromatic carbocycles. The van der Waals surface area contributed by atoms with E-state index in [1.54, 1.807) is 42.5 Å². The lowest BCUT2D eigenvalue weighted by atomic mass is 10.1. The average molecular weight is 357 g/mol. The molecule has 0 saturated carbocycles. The third-order valence-electron chi connectivity index (χ3n) is 2.88. The van der Waals surface area contributed by atoms with E-state index in [1.165, 1.54) is 6.07 Å². The van der Waals surface area contributed by atoms with E-state index in [1.807, 2.05) is 11.4 Å². The molecule has 1 heterocycles. The first-order valence-electron chi connectivity index (χ1n) is 5.97. The van der Waals surface area contributed by atoms with Crippen LogP contribution in [0.4, 0.5) is 10.1 Å². The molecule has 0 saturated heterocycles. The molecule has 2 rings (SSSR count). The van der Waals surface area contributed by atoms with Crippen LogP contribution in [0.25, 0.3) is 0 Å². The van der Waals surface area contributed by atoms with Crippen molar-refractivity contribution in [2.45, 2.75) is 6.54 Å². The van der Waals surface area contributed by atoms with Gasteiger partial charge in [-0.15, -0.1) is 11.3 Å². The van der Waals surface area contributed by atoms with Gasteiger partial charge >= 0.3 is 0 Å². The highest BCUT2D eigenvalue weighted by Gasteiger charge is 2.18. The molecule has 0 unspecified atom stereocenters. The second-order valence-corrected chi connectivity index (χ2v) is 6.62. The summed E-state index contributed by atoms with van der Waals surface area (Å²) in [6, 6.07) is 6.47. The number of carbonyl (C=O) groups excluding carboxylic acids is 1. The van der Waals surface area contributed by atoms with Crippen molar-refractivity contribution in [2.24, 2.45) is 0 Å². The maximum absolute atomic E-state index is 13.7. The summed E-state index contributed by atoms with van der Waals surface area (Å²) in [6.45, 7) is 0.487. The molecule has 106 valence electrons. The molecule has 0 fully saturated rings. The summed E-state index contributed by atoms with van der Waals surface area (Å²) in [5, 5.41) is 4.72. The monoisotopic (exact) mass is 356 g/mol. The third kappa shape index (κ3) is 3.19. The molecule has 0 aliphatic rings. The van der Waals surface area contributed by atoms with Crippen molar-refractivity contribution in [3.05, 3.63) is 50.4 Å². The highest BCUT2D eigenvalue weighted by Crippen LogP contribution is 2.24. The molecular formula is C14H14BrFN2OS. The molecule has 0 bridgehead atoms. The number of carbonyl (C=O) groups is 1. The fourth-order valence-electron chi connectivity index (χ4n) is 1.94. The smallest absolute Gasteiger partial charge is 0.256 e. The number of nitrogens with zero attached hydrogens (tertiary/aromatic N) is 1. The van der Waals surface area contributed by atoms with Gasteiger partial charge in [-0.05, 0) is 45.1 Å². The molecule has 1 N–H and O–H groups in total. The number of rotatable bonds is 4. The number of para-hydroxylation sites is 1. The summed E-state index contributed by atoms with van der Waals surface area (Å²) >= 11 is 4.96. The number of anilines is 1. The van der Waals surface area contributed by atoms with Crippen LogP contribution >= 0.6 is 27.3 Å². The van der Waals surface area contributed by atoms with Crippen molar-refractivity contribution in [1.29, 1.82) is 0 Å². The molecule has 0 atom stereocenters. The Balaban J connectivity index is 2.20. The molecule has 0 aliphatic heterocycles. The first kappa shape index (κ1) is 15.0. The van der Waals surface area contributed by atoms with Crippen LogP contribution in [-0.2, 0) is 6.54 Å². The standard InChI is InChI=1S/C14H14BrFN2OS/c1-17-13-10(4-3-5-11(13)16)14(19)18(2)7-9-6-12(15)20-8-9/h3-6,8,17H,7H2,1-2H3. The average Bonchev–Trinajstić information content (AvgIpc) is 2.82. The predicted molar refractivity (Wildman–Crippen MR) is 83.8 cm³/mol. The first-order valence-corrected chi connectivity index (χ1v) is 7.65. The molecule has 0 radical (unpaired) electrons. The largest absolute Gasteiger partial charge is 0.385 e. The van der Waals surface area contributed by atoms with Gasteiger partial charge in [0.05, 0.1) is 15.0 Å². The van der Waals surface area contributed by atoms with Crippen molar-refractivity contribution in [3.8, 4) is 0 Å². The summed E-state index contributed by atoms with van der Waals surface area (Å²) in [7, 11) is 3.31. The Kier molecular flexibility index (Phi) is 4.77. The minimum atomic E-state index is -0.426. The molecule has 1 amide bonds. The van der Waals surface area contributed by atoms with E-state index in [-0.39, 0.29) is 11.6 Å². The molecule has 2 aromatic rings. The number of nitrogens with one attached hydrogen (secondary N) is 1. The number of hydrogen-bond donors (Lipinski definition) is 1. The zero-order chi connectivity index (χ0) is 14.7. The number of hydrogen-bond acceptors (Lipinski definition) is 3. The van der Waals surface area contributed by atoms with Crippen LogP contribution in [0.2, 0.25) is 0 Å². The topological polar surface area (TPSA) is 32.3 Å². The molecule has 0 aliphatic carbocycles. The Bertz CT molecular complexity index is 629. The first-order chi connectivity index (χ1) is 9.52. The fourth-order valence-corrected chi connectivity index (χ4v) is 3.14. The SMILES string of the molecule is CNc1c(F)cccc1C(=O)N(C)Cc1csc(Br)c1. The Morgan fingerprint density at radius 1 is 1.50 bits per heavy atom. The van der Waals surface area contributed by atoms with E-state index in [0.717, 1.165) is 9.35 Å². The van der Waals surface area contributed by atoms with E-state index in [0.29, 0.717) is 12.1 Å². The fraction of sp³-hybridized carbons (Fsp3) is 0.214. The molecule has 0 spiro atoms. The van der Waals surface area contributed by atoms with Crippen LogP contribution in [0.5, 0.6) is 0 Å². The number of halogens is 2. The third-order valence-corrected chi connectivity index (χ3v) is 4.44. The molecule has 20 heavy (non-hydrogen) atoms. The van der Waals surface area contributed by atoms with E-state index in [2.05, 4.69) is 21.2 Å². The summed E-state index contributed by atoms with van der Waals surface area (Å²) < 4.78 is 14.7. The Morgan fingerprint density at radius 3 is 2.85 bits per heavy atom. The van der Waals surface area contributed by atoms with Gasteiger partial charge in [0, 0.05) is 20.6 Å². The number of benzene rings is 1. The zero-order valence-electron chi connectivity index (χ0n) is 11.1. The van der Waals surface area contributed by atoms with E-state index in [4.69, 9.17) is 0 Å². The quantitative estimate of drug-likeness (QED) is 0.898. The normalized spacial score (nSPS) is 10.4. The van der Waals surface area contributed by atoms with Gasteiger partial charge in [-0.1, -0.05) is 6.07 Å². The van der Waals surface area contributed by atoms with Crippen LogP contribution in [0.15, 0.2) is 33.4 Å². The number of thiophene rings is 1. The minimum Gasteiger partial charge on any atom is -0.385 e. The molecule has 3 nitrogen and oxygen atoms in total.